The molecule has 3 aromatic heterocycles. The van der Waals surface area contributed by atoms with Gasteiger partial charge in [-0.15, -0.1) is 11.3 Å². The lowest BCUT2D eigenvalue weighted by Crippen LogP contribution is -2.26. The Hall–Kier alpha value is -2.81. The van der Waals surface area contributed by atoms with Gasteiger partial charge in [0, 0.05) is 18.6 Å². The fraction of sp³-hybridized carbons (Fsp3) is 0.312. The minimum absolute atomic E-state index is 0.185. The number of aryl methyl sites for hydroxylation is 3. The van der Waals surface area contributed by atoms with Crippen LogP contribution in [0.2, 0.25) is 0 Å². The van der Waals surface area contributed by atoms with Crippen molar-refractivity contribution in [3.8, 4) is 0 Å². The number of rotatable bonds is 4. The van der Waals surface area contributed by atoms with Gasteiger partial charge in [-0.1, -0.05) is 0 Å². The molecule has 2 N–H and O–H groups in total. The maximum atomic E-state index is 12.5. The Kier molecular flexibility index (Phi) is 4.25. The number of thiazole rings is 1. The molecular formula is C16H17N5O3S. The topological polar surface area (TPSA) is 110 Å². The number of aromatic nitrogens is 4. The van der Waals surface area contributed by atoms with Gasteiger partial charge in [0.25, 0.3) is 5.91 Å². The number of carbonyl (C=O) groups is 2. The van der Waals surface area contributed by atoms with E-state index < -0.39 is 12.0 Å². The highest BCUT2D eigenvalue weighted by molar-refractivity contribution is 7.13. The highest BCUT2D eigenvalue weighted by atomic mass is 32.1. The van der Waals surface area contributed by atoms with Crippen LogP contribution >= 0.6 is 11.3 Å². The molecule has 3 aromatic rings. The first-order valence-electron chi connectivity index (χ1n) is 7.58. The second kappa shape index (κ2) is 6.25. The van der Waals surface area contributed by atoms with E-state index in [1.165, 1.54) is 6.20 Å². The second-order valence-electron chi connectivity index (χ2n) is 5.77. The zero-order valence-corrected chi connectivity index (χ0v) is 15.0. The van der Waals surface area contributed by atoms with Crippen LogP contribution in [0.15, 0.2) is 12.3 Å². The summed E-state index contributed by atoms with van der Waals surface area (Å²) in [4.78, 5) is 32.3. The van der Waals surface area contributed by atoms with Gasteiger partial charge in [0.05, 0.1) is 23.0 Å². The van der Waals surface area contributed by atoms with Gasteiger partial charge >= 0.3 is 5.97 Å². The van der Waals surface area contributed by atoms with E-state index in [-0.39, 0.29) is 10.8 Å². The van der Waals surface area contributed by atoms with Gasteiger partial charge in [-0.25, -0.2) is 14.8 Å². The summed E-state index contributed by atoms with van der Waals surface area (Å²) in [6.45, 7) is 5.27. The van der Waals surface area contributed by atoms with E-state index in [0.717, 1.165) is 22.4 Å². The summed E-state index contributed by atoms with van der Waals surface area (Å²) in [5.41, 5.74) is 2.38. The highest BCUT2D eigenvalue weighted by Crippen LogP contribution is 2.24. The minimum atomic E-state index is -1.01. The fourth-order valence-electron chi connectivity index (χ4n) is 2.57. The summed E-state index contributed by atoms with van der Waals surface area (Å²) < 4.78 is 1.67. The summed E-state index contributed by atoms with van der Waals surface area (Å²) in [7, 11) is 1.80. The van der Waals surface area contributed by atoms with Gasteiger partial charge < -0.3 is 10.4 Å². The van der Waals surface area contributed by atoms with E-state index in [4.69, 9.17) is 5.11 Å². The van der Waals surface area contributed by atoms with Crippen LogP contribution in [0, 0.1) is 13.8 Å². The van der Waals surface area contributed by atoms with Crippen molar-refractivity contribution in [1.29, 1.82) is 0 Å². The molecule has 3 heterocycles. The van der Waals surface area contributed by atoms with Crippen molar-refractivity contribution in [2.75, 3.05) is 0 Å². The number of pyridine rings is 1. The number of nitrogens with one attached hydrogen (secondary N) is 1. The summed E-state index contributed by atoms with van der Waals surface area (Å²) in [6.07, 6.45) is 1.50. The van der Waals surface area contributed by atoms with Gasteiger partial charge in [-0.05, 0) is 26.8 Å². The van der Waals surface area contributed by atoms with Crippen molar-refractivity contribution >= 4 is 34.2 Å². The normalized spacial score (nSPS) is 12.3. The Balaban J connectivity index is 1.83. The number of hydrogen-bond donors (Lipinski definition) is 2. The molecule has 25 heavy (non-hydrogen) atoms. The Morgan fingerprint density at radius 3 is 2.68 bits per heavy atom. The Labute approximate surface area is 147 Å². The Bertz CT molecular complexity index is 991. The van der Waals surface area contributed by atoms with Crippen LogP contribution in [0.4, 0.5) is 0 Å². The molecule has 0 aromatic carbocycles. The molecular weight excluding hydrogens is 342 g/mol. The average molecular weight is 359 g/mol. The van der Waals surface area contributed by atoms with Crippen molar-refractivity contribution in [3.63, 3.8) is 0 Å². The largest absolute Gasteiger partial charge is 0.477 e. The van der Waals surface area contributed by atoms with Crippen LogP contribution in [-0.2, 0) is 7.05 Å². The number of nitrogens with zero attached hydrogens (tertiary/aromatic N) is 4. The lowest BCUT2D eigenvalue weighted by Gasteiger charge is -2.11. The molecule has 0 fully saturated rings. The summed E-state index contributed by atoms with van der Waals surface area (Å²) in [5, 5.41) is 17.6. The quantitative estimate of drug-likeness (QED) is 0.739. The maximum Gasteiger partial charge on any atom is 0.347 e. The van der Waals surface area contributed by atoms with E-state index >= 15 is 0 Å². The second-order valence-corrected chi connectivity index (χ2v) is 6.80. The predicted molar refractivity (Wildman–Crippen MR) is 92.9 cm³/mol. The third-order valence-electron chi connectivity index (χ3n) is 3.85. The number of carboxylic acid groups (broad SMARTS) is 1. The van der Waals surface area contributed by atoms with Gasteiger partial charge in [0.2, 0.25) is 0 Å². The predicted octanol–water partition coefficient (Wildman–Crippen LogP) is 2.23. The van der Waals surface area contributed by atoms with E-state index in [9.17, 15) is 9.59 Å². The molecule has 3 rings (SSSR count). The van der Waals surface area contributed by atoms with E-state index in [1.807, 2.05) is 6.92 Å². The number of aromatic carboxylic acids is 1. The van der Waals surface area contributed by atoms with Crippen LogP contribution < -0.4 is 5.32 Å². The zero-order valence-electron chi connectivity index (χ0n) is 14.2. The minimum Gasteiger partial charge on any atom is -0.477 e. The molecule has 1 unspecified atom stereocenters. The van der Waals surface area contributed by atoms with Crippen molar-refractivity contribution in [3.05, 3.63) is 39.1 Å². The van der Waals surface area contributed by atoms with Crippen LogP contribution in [0.25, 0.3) is 11.0 Å². The average Bonchev–Trinajstić information content (AvgIpc) is 3.08. The monoisotopic (exact) mass is 359 g/mol. The number of carbonyl (C=O) groups excluding carboxylic acids is 1. The smallest absolute Gasteiger partial charge is 0.347 e. The van der Waals surface area contributed by atoms with Crippen LogP contribution in [0.1, 0.15) is 49.4 Å². The Morgan fingerprint density at radius 2 is 2.04 bits per heavy atom. The van der Waals surface area contributed by atoms with E-state index in [1.54, 1.807) is 31.6 Å². The number of carboxylic acids is 1. The lowest BCUT2D eigenvalue weighted by atomic mass is 10.2. The van der Waals surface area contributed by atoms with Crippen molar-refractivity contribution in [1.82, 2.24) is 25.1 Å². The summed E-state index contributed by atoms with van der Waals surface area (Å²) in [6, 6.07) is 1.35. The zero-order chi connectivity index (χ0) is 18.3. The third kappa shape index (κ3) is 3.10. The van der Waals surface area contributed by atoms with Gasteiger partial charge in [-0.3, -0.25) is 9.48 Å². The van der Waals surface area contributed by atoms with Crippen molar-refractivity contribution < 1.29 is 14.7 Å². The molecule has 0 aliphatic rings. The number of fused-ring (bicyclic) bond motifs is 1. The third-order valence-corrected chi connectivity index (χ3v) is 5.18. The van der Waals surface area contributed by atoms with Crippen LogP contribution in [-0.4, -0.2) is 36.7 Å². The molecule has 0 bridgehead atoms. The molecule has 9 heteroatoms. The summed E-state index contributed by atoms with van der Waals surface area (Å²) in [5.74, 6) is -1.31. The Morgan fingerprint density at radius 1 is 1.32 bits per heavy atom. The van der Waals surface area contributed by atoms with Crippen LogP contribution in [0.3, 0.4) is 0 Å². The molecule has 0 aliphatic heterocycles. The van der Waals surface area contributed by atoms with Crippen LogP contribution in [0.5, 0.6) is 0 Å². The molecule has 1 atom stereocenters. The molecule has 1 amide bonds. The molecule has 0 saturated heterocycles. The molecule has 8 nitrogen and oxygen atoms in total. The number of amides is 1. The van der Waals surface area contributed by atoms with E-state index in [0.29, 0.717) is 21.9 Å². The van der Waals surface area contributed by atoms with Crippen molar-refractivity contribution in [2.24, 2.45) is 7.05 Å². The highest BCUT2D eigenvalue weighted by Gasteiger charge is 2.20. The van der Waals surface area contributed by atoms with Gasteiger partial charge in [0.15, 0.2) is 5.65 Å². The van der Waals surface area contributed by atoms with Gasteiger partial charge in [0.1, 0.15) is 9.88 Å². The lowest BCUT2D eigenvalue weighted by molar-refractivity contribution is 0.0701. The summed E-state index contributed by atoms with van der Waals surface area (Å²) >= 11 is 1.07. The number of hydrogen-bond acceptors (Lipinski definition) is 6. The first-order chi connectivity index (χ1) is 11.8. The molecule has 130 valence electrons. The molecule has 0 radical (unpaired) electrons. The SMILES string of the molecule is Cc1nc(C(C)NC(=O)c2cnc3c(c2)c(C)nn3C)sc1C(=O)O. The van der Waals surface area contributed by atoms with E-state index in [2.05, 4.69) is 20.4 Å². The molecule has 0 aliphatic carbocycles. The fourth-order valence-corrected chi connectivity index (χ4v) is 3.48. The maximum absolute atomic E-state index is 12.5. The first-order valence-corrected chi connectivity index (χ1v) is 8.40. The molecule has 0 spiro atoms. The molecule has 0 saturated carbocycles. The first kappa shape index (κ1) is 17.0. The van der Waals surface area contributed by atoms with Gasteiger partial charge in [-0.2, -0.15) is 5.10 Å². The standard InChI is InChI=1S/C16H17N5O3S/c1-7-11-5-10(6-17-13(11)21(4)20-7)14(22)18-9(3)15-19-8(2)12(25-15)16(23)24/h5-6,9H,1-4H3,(H,18,22)(H,23,24). The van der Waals surface area contributed by atoms with Crippen molar-refractivity contribution in [2.45, 2.75) is 26.8 Å².